The van der Waals surface area contributed by atoms with Crippen molar-refractivity contribution < 1.29 is 19.4 Å². The van der Waals surface area contributed by atoms with E-state index in [-0.39, 0.29) is 24.6 Å². The molecule has 5 heteroatoms. The van der Waals surface area contributed by atoms with Gasteiger partial charge in [0.2, 0.25) is 0 Å². The summed E-state index contributed by atoms with van der Waals surface area (Å²) in [5, 5.41) is 8.67. The number of carbonyl (C=O) groups excluding carboxylic acids is 1. The minimum Gasteiger partial charge on any atom is -0.469 e. The van der Waals surface area contributed by atoms with Crippen molar-refractivity contribution in [1.82, 2.24) is 4.90 Å². The molecule has 0 bridgehead atoms. The van der Waals surface area contributed by atoms with E-state index in [1.54, 1.807) is 0 Å². The quantitative estimate of drug-likeness (QED) is 0.681. The standard InChI is InChI=1S/C12H23NO4/c1-10(12(15)16-2)9-13-5-3-11(4-6-13)17-8-7-14/h10-11,14H,3-9H2,1-2H3. The minimum absolute atomic E-state index is 0.0742. The first-order valence-corrected chi connectivity index (χ1v) is 6.20. The number of rotatable bonds is 6. The van der Waals surface area contributed by atoms with Crippen molar-refractivity contribution in [2.45, 2.75) is 25.9 Å². The molecule has 0 aliphatic carbocycles. The normalized spacial score (nSPS) is 20.2. The first-order chi connectivity index (χ1) is 8.17. The van der Waals surface area contributed by atoms with Gasteiger partial charge in [-0.1, -0.05) is 6.92 Å². The zero-order valence-corrected chi connectivity index (χ0v) is 10.7. The fourth-order valence-electron chi connectivity index (χ4n) is 2.14. The van der Waals surface area contributed by atoms with Crippen molar-refractivity contribution in [2.24, 2.45) is 5.92 Å². The van der Waals surface area contributed by atoms with Gasteiger partial charge in [0.05, 0.1) is 32.3 Å². The summed E-state index contributed by atoms with van der Waals surface area (Å²) in [5.41, 5.74) is 0. The molecule has 0 amide bonds. The van der Waals surface area contributed by atoms with E-state index >= 15 is 0 Å². The lowest BCUT2D eigenvalue weighted by Crippen LogP contribution is -2.40. The van der Waals surface area contributed by atoms with Crippen LogP contribution in [-0.4, -0.2) is 62.0 Å². The van der Waals surface area contributed by atoms with Crippen LogP contribution in [0.1, 0.15) is 19.8 Å². The van der Waals surface area contributed by atoms with Crippen LogP contribution < -0.4 is 0 Å². The molecule has 1 N–H and O–H groups in total. The molecule has 1 aliphatic rings. The van der Waals surface area contributed by atoms with Crippen molar-refractivity contribution in [1.29, 1.82) is 0 Å². The highest BCUT2D eigenvalue weighted by Crippen LogP contribution is 2.15. The lowest BCUT2D eigenvalue weighted by atomic mass is 10.1. The average molecular weight is 245 g/mol. The van der Waals surface area contributed by atoms with Gasteiger partial charge in [-0.25, -0.2) is 0 Å². The van der Waals surface area contributed by atoms with E-state index in [4.69, 9.17) is 14.6 Å². The predicted octanol–water partition coefficient (Wildman–Crippen LogP) is 0.269. The second kappa shape index (κ2) is 7.63. The monoisotopic (exact) mass is 245 g/mol. The number of likely N-dealkylation sites (tertiary alicyclic amines) is 1. The van der Waals surface area contributed by atoms with Crippen LogP contribution in [0.4, 0.5) is 0 Å². The maximum Gasteiger partial charge on any atom is 0.309 e. The molecule has 17 heavy (non-hydrogen) atoms. The molecule has 1 aliphatic heterocycles. The summed E-state index contributed by atoms with van der Waals surface area (Å²) in [6.45, 7) is 5.03. The second-order valence-electron chi connectivity index (χ2n) is 4.52. The van der Waals surface area contributed by atoms with E-state index in [0.29, 0.717) is 6.61 Å². The molecule has 1 saturated heterocycles. The Balaban J connectivity index is 2.20. The van der Waals surface area contributed by atoms with Gasteiger partial charge in [-0.3, -0.25) is 4.79 Å². The Morgan fingerprint density at radius 1 is 1.47 bits per heavy atom. The van der Waals surface area contributed by atoms with Gasteiger partial charge in [0, 0.05) is 19.6 Å². The summed E-state index contributed by atoms with van der Waals surface area (Å²) in [6.07, 6.45) is 2.19. The van der Waals surface area contributed by atoms with Crippen LogP contribution in [0.3, 0.4) is 0 Å². The lowest BCUT2D eigenvalue weighted by molar-refractivity contribution is -0.145. The van der Waals surface area contributed by atoms with E-state index in [1.807, 2.05) is 6.92 Å². The van der Waals surface area contributed by atoms with Gasteiger partial charge >= 0.3 is 5.97 Å². The van der Waals surface area contributed by atoms with Gasteiger partial charge in [-0.15, -0.1) is 0 Å². The third kappa shape index (κ3) is 5.02. The summed E-state index contributed by atoms with van der Waals surface area (Å²) in [5.74, 6) is -0.224. The highest BCUT2D eigenvalue weighted by atomic mass is 16.5. The Morgan fingerprint density at radius 2 is 2.12 bits per heavy atom. The van der Waals surface area contributed by atoms with Gasteiger partial charge in [0.25, 0.3) is 0 Å². The van der Waals surface area contributed by atoms with Crippen molar-refractivity contribution in [2.75, 3.05) is 40.0 Å². The highest BCUT2D eigenvalue weighted by Gasteiger charge is 2.23. The van der Waals surface area contributed by atoms with Crippen molar-refractivity contribution in [3.8, 4) is 0 Å². The fourth-order valence-corrected chi connectivity index (χ4v) is 2.14. The van der Waals surface area contributed by atoms with E-state index in [2.05, 4.69) is 4.90 Å². The largest absolute Gasteiger partial charge is 0.469 e. The molecule has 1 heterocycles. The summed E-state index contributed by atoms with van der Waals surface area (Å²) in [6, 6.07) is 0. The summed E-state index contributed by atoms with van der Waals surface area (Å²) >= 11 is 0. The van der Waals surface area contributed by atoms with Gasteiger partial charge in [-0.2, -0.15) is 0 Å². The Bertz CT molecular complexity index is 227. The predicted molar refractivity (Wildman–Crippen MR) is 63.7 cm³/mol. The SMILES string of the molecule is COC(=O)C(C)CN1CCC(OCCO)CC1. The topological polar surface area (TPSA) is 59.0 Å². The molecule has 0 aromatic rings. The molecule has 0 saturated carbocycles. The molecule has 1 fully saturated rings. The third-order valence-corrected chi connectivity index (χ3v) is 3.12. The Labute approximate surface area is 103 Å². The number of piperidine rings is 1. The number of aliphatic hydroxyl groups excluding tert-OH is 1. The Morgan fingerprint density at radius 3 is 2.65 bits per heavy atom. The molecule has 5 nitrogen and oxygen atoms in total. The lowest BCUT2D eigenvalue weighted by Gasteiger charge is -2.32. The molecule has 0 aromatic carbocycles. The maximum absolute atomic E-state index is 11.3. The highest BCUT2D eigenvalue weighted by molar-refractivity contribution is 5.72. The number of esters is 1. The number of ether oxygens (including phenoxy) is 2. The van der Waals surface area contributed by atoms with Gasteiger partial charge in [0.15, 0.2) is 0 Å². The second-order valence-corrected chi connectivity index (χ2v) is 4.52. The summed E-state index contributed by atoms with van der Waals surface area (Å²) < 4.78 is 10.2. The van der Waals surface area contributed by atoms with Crippen LogP contribution in [0.5, 0.6) is 0 Å². The Hall–Kier alpha value is -0.650. The van der Waals surface area contributed by atoms with Crippen molar-refractivity contribution >= 4 is 5.97 Å². The fraction of sp³-hybridized carbons (Fsp3) is 0.917. The van der Waals surface area contributed by atoms with Crippen LogP contribution in [-0.2, 0) is 14.3 Å². The third-order valence-electron chi connectivity index (χ3n) is 3.12. The molecule has 1 atom stereocenters. The number of aliphatic hydroxyl groups is 1. The summed E-state index contributed by atoms with van der Waals surface area (Å²) in [7, 11) is 1.42. The molecule has 1 rings (SSSR count). The van der Waals surface area contributed by atoms with Crippen molar-refractivity contribution in [3.05, 3.63) is 0 Å². The van der Waals surface area contributed by atoms with Crippen LogP contribution in [0.25, 0.3) is 0 Å². The zero-order chi connectivity index (χ0) is 12.7. The number of methoxy groups -OCH3 is 1. The van der Waals surface area contributed by atoms with Crippen LogP contribution in [0.15, 0.2) is 0 Å². The van der Waals surface area contributed by atoms with Gasteiger partial charge < -0.3 is 19.5 Å². The molecule has 100 valence electrons. The van der Waals surface area contributed by atoms with E-state index in [0.717, 1.165) is 32.5 Å². The smallest absolute Gasteiger partial charge is 0.309 e. The zero-order valence-electron chi connectivity index (χ0n) is 10.7. The molecular formula is C12H23NO4. The molecule has 0 radical (unpaired) electrons. The Kier molecular flexibility index (Phi) is 6.47. The number of hydrogen-bond acceptors (Lipinski definition) is 5. The number of nitrogens with zero attached hydrogens (tertiary/aromatic N) is 1. The molecule has 0 aromatic heterocycles. The van der Waals surface area contributed by atoms with Crippen molar-refractivity contribution in [3.63, 3.8) is 0 Å². The van der Waals surface area contributed by atoms with E-state index in [9.17, 15) is 4.79 Å². The van der Waals surface area contributed by atoms with Crippen LogP contribution in [0.2, 0.25) is 0 Å². The van der Waals surface area contributed by atoms with Crippen LogP contribution in [0, 0.1) is 5.92 Å². The molecule has 1 unspecified atom stereocenters. The number of hydrogen-bond donors (Lipinski definition) is 1. The molecular weight excluding hydrogens is 222 g/mol. The number of carbonyl (C=O) groups is 1. The van der Waals surface area contributed by atoms with E-state index in [1.165, 1.54) is 7.11 Å². The van der Waals surface area contributed by atoms with Crippen LogP contribution >= 0.6 is 0 Å². The van der Waals surface area contributed by atoms with Gasteiger partial charge in [-0.05, 0) is 12.8 Å². The van der Waals surface area contributed by atoms with Gasteiger partial charge in [0.1, 0.15) is 0 Å². The summed E-state index contributed by atoms with van der Waals surface area (Å²) in [4.78, 5) is 13.6. The average Bonchev–Trinajstić information content (AvgIpc) is 2.37. The minimum atomic E-state index is -0.149. The molecule has 0 spiro atoms. The van der Waals surface area contributed by atoms with E-state index < -0.39 is 0 Å². The first-order valence-electron chi connectivity index (χ1n) is 6.20. The maximum atomic E-state index is 11.3. The first kappa shape index (κ1) is 14.4.